The normalized spacial score (nSPS) is 11.9. The number of carbonyl (C=O) groups excluding carboxylic acids is 1. The summed E-state index contributed by atoms with van der Waals surface area (Å²) >= 11 is 0. The lowest BCUT2D eigenvalue weighted by molar-refractivity contribution is -0.117. The summed E-state index contributed by atoms with van der Waals surface area (Å²) in [6, 6.07) is 6.22. The van der Waals surface area contributed by atoms with Crippen LogP contribution in [0.4, 0.5) is 10.2 Å². The second-order valence-electron chi connectivity index (χ2n) is 3.82. The zero-order valence-corrected chi connectivity index (χ0v) is 9.80. The third-order valence-corrected chi connectivity index (χ3v) is 2.58. The molecule has 1 aromatic heterocycles. The van der Waals surface area contributed by atoms with E-state index in [9.17, 15) is 9.18 Å². The number of carbonyl (C=O) groups is 1. The van der Waals surface area contributed by atoms with Crippen LogP contribution in [0.2, 0.25) is 0 Å². The number of nitrogens with one attached hydrogen (secondary N) is 1. The van der Waals surface area contributed by atoms with Crippen molar-refractivity contribution in [3.63, 3.8) is 0 Å². The second-order valence-corrected chi connectivity index (χ2v) is 3.82. The molecule has 0 aliphatic rings. The molecule has 4 nitrogen and oxygen atoms in total. The lowest BCUT2D eigenvalue weighted by atomic mass is 10.00. The van der Waals surface area contributed by atoms with Crippen LogP contribution >= 0.6 is 0 Å². The molecule has 0 aliphatic heterocycles. The highest BCUT2D eigenvalue weighted by molar-refractivity contribution is 5.94. The first-order valence-electron chi connectivity index (χ1n) is 5.50. The minimum Gasteiger partial charge on any atom is -0.309 e. The van der Waals surface area contributed by atoms with E-state index in [0.29, 0.717) is 11.4 Å². The molecular weight excluding hydrogens is 233 g/mol. The van der Waals surface area contributed by atoms with E-state index in [1.807, 2.05) is 0 Å². The molecule has 0 radical (unpaired) electrons. The van der Waals surface area contributed by atoms with Gasteiger partial charge < -0.3 is 5.32 Å². The van der Waals surface area contributed by atoms with Crippen molar-refractivity contribution in [3.05, 3.63) is 54.2 Å². The number of halogens is 1. The standard InChI is InChI=1S/C13H12FN3O/c1-9(10-4-2-3-5-11(10)14)13(18)17-12-8-15-6-7-16-12/h2-9H,1H3,(H,16,17,18)/t9-/m0/s1. The summed E-state index contributed by atoms with van der Waals surface area (Å²) < 4.78 is 13.5. The lowest BCUT2D eigenvalue weighted by Crippen LogP contribution is -2.20. The van der Waals surface area contributed by atoms with E-state index in [4.69, 9.17) is 0 Å². The van der Waals surface area contributed by atoms with Gasteiger partial charge in [-0.15, -0.1) is 0 Å². The number of hydrogen-bond donors (Lipinski definition) is 1. The van der Waals surface area contributed by atoms with Gasteiger partial charge in [-0.1, -0.05) is 18.2 Å². The van der Waals surface area contributed by atoms with Gasteiger partial charge in [0.15, 0.2) is 5.82 Å². The van der Waals surface area contributed by atoms with Gasteiger partial charge in [-0.2, -0.15) is 0 Å². The predicted molar refractivity (Wildman–Crippen MR) is 65.5 cm³/mol. The molecule has 1 heterocycles. The van der Waals surface area contributed by atoms with Crippen molar-refractivity contribution in [1.82, 2.24) is 9.97 Å². The Balaban J connectivity index is 2.13. The molecule has 0 saturated heterocycles. The average molecular weight is 245 g/mol. The summed E-state index contributed by atoms with van der Waals surface area (Å²) in [7, 11) is 0. The Labute approximate surface area is 104 Å². The number of rotatable bonds is 3. The van der Waals surface area contributed by atoms with Crippen molar-refractivity contribution < 1.29 is 9.18 Å². The Bertz CT molecular complexity index is 545. The summed E-state index contributed by atoms with van der Waals surface area (Å²) in [5.74, 6) is -0.946. The van der Waals surface area contributed by atoms with Crippen LogP contribution in [0.25, 0.3) is 0 Å². The molecule has 1 atom stereocenters. The van der Waals surface area contributed by atoms with E-state index in [0.717, 1.165) is 0 Å². The van der Waals surface area contributed by atoms with Crippen LogP contribution in [0.15, 0.2) is 42.9 Å². The molecule has 1 amide bonds. The second kappa shape index (κ2) is 5.35. The van der Waals surface area contributed by atoms with Crippen LogP contribution in [0.3, 0.4) is 0 Å². The van der Waals surface area contributed by atoms with Gasteiger partial charge >= 0.3 is 0 Å². The van der Waals surface area contributed by atoms with Gasteiger partial charge in [0.25, 0.3) is 0 Å². The van der Waals surface area contributed by atoms with E-state index >= 15 is 0 Å². The lowest BCUT2D eigenvalue weighted by Gasteiger charge is -2.12. The zero-order valence-electron chi connectivity index (χ0n) is 9.80. The van der Waals surface area contributed by atoms with Gasteiger partial charge in [0.05, 0.1) is 12.1 Å². The van der Waals surface area contributed by atoms with E-state index in [-0.39, 0.29) is 11.7 Å². The predicted octanol–water partition coefficient (Wildman–Crippen LogP) is 2.36. The number of amides is 1. The minimum absolute atomic E-state index is 0.319. The summed E-state index contributed by atoms with van der Waals surface area (Å²) in [6.07, 6.45) is 4.42. The molecule has 0 unspecified atom stereocenters. The first-order chi connectivity index (χ1) is 8.68. The van der Waals surface area contributed by atoms with Crippen molar-refractivity contribution in [2.75, 3.05) is 5.32 Å². The molecule has 2 rings (SSSR count). The number of hydrogen-bond acceptors (Lipinski definition) is 3. The Morgan fingerprint density at radius 2 is 2.11 bits per heavy atom. The summed E-state index contributed by atoms with van der Waals surface area (Å²) in [6.45, 7) is 1.64. The van der Waals surface area contributed by atoms with E-state index in [2.05, 4.69) is 15.3 Å². The maximum Gasteiger partial charge on any atom is 0.232 e. The summed E-state index contributed by atoms with van der Waals surface area (Å²) in [5.41, 5.74) is 0.360. The number of benzene rings is 1. The van der Waals surface area contributed by atoms with Crippen molar-refractivity contribution >= 4 is 11.7 Å². The molecule has 92 valence electrons. The highest BCUT2D eigenvalue weighted by Gasteiger charge is 2.18. The maximum atomic E-state index is 13.5. The van der Waals surface area contributed by atoms with Gasteiger partial charge in [-0.25, -0.2) is 9.37 Å². The van der Waals surface area contributed by atoms with Gasteiger partial charge in [0, 0.05) is 12.4 Å². The molecule has 0 spiro atoms. The van der Waals surface area contributed by atoms with Crippen molar-refractivity contribution in [2.45, 2.75) is 12.8 Å². The Morgan fingerprint density at radius 3 is 2.78 bits per heavy atom. The van der Waals surface area contributed by atoms with Crippen LogP contribution in [0.5, 0.6) is 0 Å². The monoisotopic (exact) mass is 245 g/mol. The largest absolute Gasteiger partial charge is 0.309 e. The van der Waals surface area contributed by atoms with E-state index in [1.54, 1.807) is 25.1 Å². The fraction of sp³-hybridized carbons (Fsp3) is 0.154. The molecule has 0 saturated carbocycles. The van der Waals surface area contributed by atoms with Crippen LogP contribution < -0.4 is 5.32 Å². The zero-order chi connectivity index (χ0) is 13.0. The third kappa shape index (κ3) is 2.68. The van der Waals surface area contributed by atoms with Crippen LogP contribution in [0.1, 0.15) is 18.4 Å². The van der Waals surface area contributed by atoms with Crippen molar-refractivity contribution in [2.24, 2.45) is 0 Å². The first-order valence-corrected chi connectivity index (χ1v) is 5.50. The van der Waals surface area contributed by atoms with Gasteiger partial charge in [0.2, 0.25) is 5.91 Å². The average Bonchev–Trinajstić information content (AvgIpc) is 2.39. The molecule has 0 bridgehead atoms. The Morgan fingerprint density at radius 1 is 1.33 bits per heavy atom. The molecule has 0 aliphatic carbocycles. The van der Waals surface area contributed by atoms with Crippen molar-refractivity contribution in [3.8, 4) is 0 Å². The molecule has 1 N–H and O–H groups in total. The van der Waals surface area contributed by atoms with Gasteiger partial charge in [-0.3, -0.25) is 9.78 Å². The third-order valence-electron chi connectivity index (χ3n) is 2.58. The fourth-order valence-electron chi connectivity index (χ4n) is 1.57. The number of nitrogens with zero attached hydrogens (tertiary/aromatic N) is 2. The molecule has 5 heteroatoms. The number of aromatic nitrogens is 2. The molecule has 2 aromatic rings. The summed E-state index contributed by atoms with van der Waals surface area (Å²) in [4.78, 5) is 19.7. The highest BCUT2D eigenvalue weighted by atomic mass is 19.1. The van der Waals surface area contributed by atoms with Gasteiger partial charge in [0.1, 0.15) is 5.82 Å². The van der Waals surface area contributed by atoms with E-state index in [1.165, 1.54) is 24.7 Å². The topological polar surface area (TPSA) is 54.9 Å². The molecule has 1 aromatic carbocycles. The Hall–Kier alpha value is -2.30. The minimum atomic E-state index is -0.590. The first kappa shape index (κ1) is 12.2. The highest BCUT2D eigenvalue weighted by Crippen LogP contribution is 2.19. The molecule has 0 fully saturated rings. The van der Waals surface area contributed by atoms with Crippen LogP contribution in [0, 0.1) is 5.82 Å². The maximum absolute atomic E-state index is 13.5. The summed E-state index contributed by atoms with van der Waals surface area (Å²) in [5, 5.41) is 2.59. The smallest absolute Gasteiger partial charge is 0.232 e. The fourth-order valence-corrected chi connectivity index (χ4v) is 1.57. The Kier molecular flexibility index (Phi) is 3.62. The van der Waals surface area contributed by atoms with E-state index < -0.39 is 5.92 Å². The SMILES string of the molecule is C[C@H](C(=O)Nc1cnccn1)c1ccccc1F. The van der Waals surface area contributed by atoms with Crippen LogP contribution in [-0.4, -0.2) is 15.9 Å². The van der Waals surface area contributed by atoms with Gasteiger partial charge in [-0.05, 0) is 18.6 Å². The number of anilines is 1. The molecular formula is C13H12FN3O. The quantitative estimate of drug-likeness (QED) is 0.903. The molecule has 18 heavy (non-hydrogen) atoms. The van der Waals surface area contributed by atoms with Crippen molar-refractivity contribution in [1.29, 1.82) is 0 Å². The van der Waals surface area contributed by atoms with Crippen LogP contribution in [-0.2, 0) is 4.79 Å².